The van der Waals surface area contributed by atoms with Gasteiger partial charge in [-0.15, -0.1) is 0 Å². The highest BCUT2D eigenvalue weighted by molar-refractivity contribution is 5.85. The zero-order valence-electron chi connectivity index (χ0n) is 19.7. The first-order valence-electron chi connectivity index (χ1n) is 11.2. The van der Waals surface area contributed by atoms with E-state index < -0.39 is 41.5 Å². The van der Waals surface area contributed by atoms with E-state index in [1.807, 2.05) is 0 Å². The number of primary amides is 1. The van der Waals surface area contributed by atoms with Gasteiger partial charge < -0.3 is 39.8 Å². The Bertz CT molecular complexity index is 776. The number of rotatable bonds is 8. The maximum Gasteiger partial charge on any atom is 0.408 e. The summed E-state index contributed by atoms with van der Waals surface area (Å²) in [6.45, 7) is 9.60. The van der Waals surface area contributed by atoms with Crippen LogP contribution in [0, 0.1) is 5.92 Å². The molecule has 3 aliphatic heterocycles. The summed E-state index contributed by atoms with van der Waals surface area (Å²) in [4.78, 5) is 24.3. The van der Waals surface area contributed by atoms with Crippen LogP contribution in [0.1, 0.15) is 53.9 Å². The monoisotopic (exact) mass is 456 g/mol. The van der Waals surface area contributed by atoms with Crippen LogP contribution in [0.3, 0.4) is 0 Å². The first-order chi connectivity index (χ1) is 14.7. The second kappa shape index (κ2) is 7.53. The summed E-state index contributed by atoms with van der Waals surface area (Å²) in [5.41, 5.74) is 2.87. The Morgan fingerprint density at radius 3 is 2.34 bits per heavy atom. The average Bonchev–Trinajstić information content (AvgIpc) is 3.61. The molecule has 10 heteroatoms. The van der Waals surface area contributed by atoms with Crippen molar-refractivity contribution in [3.05, 3.63) is 0 Å². The number of carbonyl (C=O) groups excluding carboxylic acids is 2. The van der Waals surface area contributed by atoms with Gasteiger partial charge in [0.2, 0.25) is 5.91 Å². The Morgan fingerprint density at radius 1 is 1.25 bits per heavy atom. The van der Waals surface area contributed by atoms with Gasteiger partial charge >= 0.3 is 6.09 Å². The van der Waals surface area contributed by atoms with E-state index >= 15 is 0 Å². The lowest BCUT2D eigenvalue weighted by molar-refractivity contribution is -0.127. The summed E-state index contributed by atoms with van der Waals surface area (Å²) in [7, 11) is 1.59. The van der Waals surface area contributed by atoms with Crippen LogP contribution in [0.5, 0.6) is 0 Å². The number of alkyl carbamates (subject to hydrolysis) is 1. The fourth-order valence-electron chi connectivity index (χ4n) is 5.47. The summed E-state index contributed by atoms with van der Waals surface area (Å²) in [6.07, 6.45) is 0.383. The van der Waals surface area contributed by atoms with Crippen molar-refractivity contribution in [2.45, 2.75) is 107 Å². The zero-order valence-corrected chi connectivity index (χ0v) is 19.7. The Hall–Kier alpha value is -1.46. The number of epoxide rings is 3. The van der Waals surface area contributed by atoms with Gasteiger partial charge in [-0.1, -0.05) is 0 Å². The molecule has 4 fully saturated rings. The Morgan fingerprint density at radius 2 is 1.88 bits per heavy atom. The average molecular weight is 457 g/mol. The number of methoxy groups -OCH3 is 1. The van der Waals surface area contributed by atoms with Crippen molar-refractivity contribution in [3.8, 4) is 0 Å². The van der Waals surface area contributed by atoms with Gasteiger partial charge in [0.15, 0.2) is 0 Å². The molecule has 32 heavy (non-hydrogen) atoms. The maximum absolute atomic E-state index is 12.6. The second-order valence-electron chi connectivity index (χ2n) is 10.9. The Labute approximate surface area is 188 Å². The summed E-state index contributed by atoms with van der Waals surface area (Å²) >= 11 is 0. The van der Waals surface area contributed by atoms with E-state index in [1.54, 1.807) is 7.11 Å². The Balaban J connectivity index is 1.45. The summed E-state index contributed by atoms with van der Waals surface area (Å²) in [5, 5.41) is 12.5. The maximum atomic E-state index is 12.6. The van der Waals surface area contributed by atoms with Crippen molar-refractivity contribution >= 4 is 12.0 Å². The standard InChI is InChI=1S/C22H36N2O8/c1-19(2,27)16(17(23)25)24-18(26)30-11-7-8-22(10-29-22)15(14(11)28-6)21(5)13(32-21)9-12-20(3,4)31-12/h11-16,27H,7-10H2,1-6H3,(H2,23,25)(H,24,26)/t11-,12-,13-,14-,15?,16+,21?,22+/m1/s1. The van der Waals surface area contributed by atoms with Crippen LogP contribution in [-0.2, 0) is 28.5 Å². The van der Waals surface area contributed by atoms with Crippen LogP contribution in [0.25, 0.3) is 0 Å². The third-order valence-corrected chi connectivity index (χ3v) is 7.60. The van der Waals surface area contributed by atoms with Crippen LogP contribution >= 0.6 is 0 Å². The molecule has 1 aliphatic carbocycles. The van der Waals surface area contributed by atoms with Crippen LogP contribution in [0.15, 0.2) is 0 Å². The van der Waals surface area contributed by atoms with Crippen molar-refractivity contribution in [3.63, 3.8) is 0 Å². The lowest BCUT2D eigenvalue weighted by Gasteiger charge is -2.42. The van der Waals surface area contributed by atoms with Gasteiger partial charge in [0.05, 0.1) is 35.9 Å². The first-order valence-corrected chi connectivity index (χ1v) is 11.2. The molecule has 0 bridgehead atoms. The van der Waals surface area contributed by atoms with Gasteiger partial charge in [0.25, 0.3) is 0 Å². The minimum Gasteiger partial charge on any atom is -0.443 e. The third-order valence-electron chi connectivity index (χ3n) is 7.60. The summed E-state index contributed by atoms with van der Waals surface area (Å²) < 4.78 is 29.4. The van der Waals surface area contributed by atoms with Gasteiger partial charge in [-0.05, 0) is 47.5 Å². The minimum absolute atomic E-state index is 0.0139. The number of amides is 2. The lowest BCUT2D eigenvalue weighted by atomic mass is 9.68. The molecule has 1 saturated carbocycles. The van der Waals surface area contributed by atoms with Gasteiger partial charge in [0.1, 0.15) is 29.5 Å². The molecule has 4 N–H and O–H groups in total. The smallest absolute Gasteiger partial charge is 0.408 e. The van der Waals surface area contributed by atoms with E-state index in [4.69, 9.17) is 29.4 Å². The van der Waals surface area contributed by atoms with Gasteiger partial charge in [-0.3, -0.25) is 4.79 Å². The number of hydrogen-bond donors (Lipinski definition) is 3. The molecular formula is C22H36N2O8. The molecule has 3 saturated heterocycles. The molecule has 0 aromatic rings. The molecule has 8 atom stereocenters. The molecule has 2 amide bonds. The molecule has 0 aromatic heterocycles. The quantitative estimate of drug-likeness (QED) is 0.450. The van der Waals surface area contributed by atoms with Crippen molar-refractivity contribution in [1.29, 1.82) is 0 Å². The van der Waals surface area contributed by atoms with E-state index in [0.717, 1.165) is 6.42 Å². The van der Waals surface area contributed by atoms with Gasteiger partial charge in [-0.25, -0.2) is 4.79 Å². The number of aliphatic hydroxyl groups is 1. The molecule has 2 unspecified atom stereocenters. The van der Waals surface area contributed by atoms with Crippen molar-refractivity contribution < 1.29 is 38.4 Å². The highest BCUT2D eigenvalue weighted by Crippen LogP contribution is 2.60. The molecule has 4 aliphatic rings. The van der Waals surface area contributed by atoms with Gasteiger partial charge in [-0.2, -0.15) is 0 Å². The van der Waals surface area contributed by atoms with E-state index in [-0.39, 0.29) is 29.3 Å². The number of carbonyl (C=O) groups is 2. The van der Waals surface area contributed by atoms with Crippen molar-refractivity contribution in [1.82, 2.24) is 5.32 Å². The van der Waals surface area contributed by atoms with Crippen molar-refractivity contribution in [2.24, 2.45) is 11.7 Å². The normalized spacial score (nSPS) is 42.8. The Kier molecular flexibility index (Phi) is 5.57. The zero-order chi connectivity index (χ0) is 23.7. The fourth-order valence-corrected chi connectivity index (χ4v) is 5.47. The van der Waals surface area contributed by atoms with E-state index in [1.165, 1.54) is 13.8 Å². The highest BCUT2D eigenvalue weighted by atomic mass is 16.6. The molecule has 1 spiro atoms. The topological polar surface area (TPSA) is 148 Å². The summed E-state index contributed by atoms with van der Waals surface area (Å²) in [5.74, 6) is -0.976. The molecule has 3 heterocycles. The van der Waals surface area contributed by atoms with Crippen LogP contribution < -0.4 is 11.1 Å². The summed E-state index contributed by atoms with van der Waals surface area (Å²) in [6, 6.07) is -1.29. The van der Waals surface area contributed by atoms with Gasteiger partial charge in [0, 0.05) is 13.5 Å². The van der Waals surface area contributed by atoms with E-state index in [9.17, 15) is 14.7 Å². The molecule has 10 nitrogen and oxygen atoms in total. The second-order valence-corrected chi connectivity index (χ2v) is 10.9. The minimum atomic E-state index is -1.53. The molecule has 4 rings (SSSR count). The lowest BCUT2D eigenvalue weighted by Crippen LogP contribution is -2.59. The number of nitrogens with two attached hydrogens (primary N) is 1. The van der Waals surface area contributed by atoms with Crippen LogP contribution in [-0.4, -0.2) is 83.7 Å². The van der Waals surface area contributed by atoms with Crippen LogP contribution in [0.4, 0.5) is 4.79 Å². The predicted octanol–water partition coefficient (Wildman–Crippen LogP) is 0.625. The predicted molar refractivity (Wildman–Crippen MR) is 112 cm³/mol. The highest BCUT2D eigenvalue weighted by Gasteiger charge is 2.73. The molecular weight excluding hydrogens is 420 g/mol. The number of hydrogen-bond acceptors (Lipinski definition) is 8. The number of nitrogens with one attached hydrogen (secondary N) is 1. The van der Waals surface area contributed by atoms with E-state index in [2.05, 4.69) is 26.1 Å². The molecule has 0 radical (unpaired) electrons. The molecule has 0 aromatic carbocycles. The number of ether oxygens (including phenoxy) is 5. The van der Waals surface area contributed by atoms with E-state index in [0.29, 0.717) is 19.4 Å². The van der Waals surface area contributed by atoms with Crippen molar-refractivity contribution in [2.75, 3.05) is 13.7 Å². The fraction of sp³-hybridized carbons (Fsp3) is 0.909. The molecule has 182 valence electrons. The third kappa shape index (κ3) is 4.23. The SMILES string of the molecule is CO[C@H]1C(C2(C)O[C@@H]2C[C@H]2OC2(C)C)[C@]2(CC[C@H]1OC(=O)N[C@@H](C(N)=O)C(C)(C)O)CO2. The first kappa shape index (κ1) is 23.7. The van der Waals surface area contributed by atoms with Crippen LogP contribution in [0.2, 0.25) is 0 Å². The largest absolute Gasteiger partial charge is 0.443 e.